The first-order valence-electron chi connectivity index (χ1n) is 7.93. The smallest absolute Gasteiger partial charge is 0.161 e. The van der Waals surface area contributed by atoms with Crippen LogP contribution >= 0.6 is 12.4 Å². The molecule has 0 bridgehead atoms. The van der Waals surface area contributed by atoms with Crippen LogP contribution in [0, 0.1) is 0 Å². The van der Waals surface area contributed by atoms with Crippen LogP contribution in [0.4, 0.5) is 0 Å². The SMILES string of the molecule is Cl.c1cnn(-c2cc(CNCc3ccc4c(c3)OCCO4)ccn2)c1. The highest BCUT2D eigenvalue weighted by Gasteiger charge is 2.11. The number of hydrogen-bond donors (Lipinski definition) is 1. The zero-order chi connectivity index (χ0) is 16.2. The molecule has 130 valence electrons. The van der Waals surface area contributed by atoms with E-state index in [1.165, 1.54) is 5.56 Å². The molecule has 6 nitrogen and oxygen atoms in total. The lowest BCUT2D eigenvalue weighted by Crippen LogP contribution is -2.17. The first-order chi connectivity index (χ1) is 11.9. The molecule has 1 N–H and O–H groups in total. The van der Waals surface area contributed by atoms with Gasteiger partial charge in [0.1, 0.15) is 13.2 Å². The predicted octanol–water partition coefficient (Wildman–Crippen LogP) is 2.75. The molecule has 1 aromatic carbocycles. The molecule has 25 heavy (non-hydrogen) atoms. The van der Waals surface area contributed by atoms with Crippen LogP contribution in [-0.4, -0.2) is 28.0 Å². The highest BCUT2D eigenvalue weighted by molar-refractivity contribution is 5.85. The summed E-state index contributed by atoms with van der Waals surface area (Å²) in [7, 11) is 0. The highest BCUT2D eigenvalue weighted by Crippen LogP contribution is 2.30. The zero-order valence-electron chi connectivity index (χ0n) is 13.6. The quantitative estimate of drug-likeness (QED) is 0.760. The summed E-state index contributed by atoms with van der Waals surface area (Å²) in [5.74, 6) is 2.46. The molecule has 2 aromatic heterocycles. The summed E-state index contributed by atoms with van der Waals surface area (Å²) in [6.07, 6.45) is 5.43. The first-order valence-corrected chi connectivity index (χ1v) is 7.93. The van der Waals surface area contributed by atoms with Crippen LogP contribution in [0.15, 0.2) is 55.0 Å². The Morgan fingerprint density at radius 1 is 0.960 bits per heavy atom. The second kappa shape index (κ2) is 8.00. The molecule has 0 aliphatic carbocycles. The minimum Gasteiger partial charge on any atom is -0.486 e. The summed E-state index contributed by atoms with van der Waals surface area (Å²) in [5.41, 5.74) is 2.33. The summed E-state index contributed by atoms with van der Waals surface area (Å²) < 4.78 is 12.9. The molecule has 7 heteroatoms. The Hall–Kier alpha value is -2.57. The van der Waals surface area contributed by atoms with Gasteiger partial charge in [0.05, 0.1) is 0 Å². The van der Waals surface area contributed by atoms with Crippen LogP contribution in [-0.2, 0) is 13.1 Å². The molecular weight excluding hydrogens is 340 g/mol. The fraction of sp³-hybridized carbons (Fsp3) is 0.222. The summed E-state index contributed by atoms with van der Waals surface area (Å²) in [6, 6.07) is 12.0. The molecule has 4 rings (SSSR count). The molecular formula is C18H19ClN4O2. The molecule has 1 aliphatic heterocycles. The molecule has 0 amide bonds. The highest BCUT2D eigenvalue weighted by atomic mass is 35.5. The van der Waals surface area contributed by atoms with Crippen molar-refractivity contribution in [1.29, 1.82) is 0 Å². The number of nitrogens with one attached hydrogen (secondary N) is 1. The normalized spacial score (nSPS) is 12.5. The maximum atomic E-state index is 5.62. The number of rotatable bonds is 5. The lowest BCUT2D eigenvalue weighted by Gasteiger charge is -2.19. The van der Waals surface area contributed by atoms with Gasteiger partial charge >= 0.3 is 0 Å². The van der Waals surface area contributed by atoms with Crippen LogP contribution in [0.25, 0.3) is 5.82 Å². The van der Waals surface area contributed by atoms with Gasteiger partial charge in [-0.25, -0.2) is 9.67 Å². The van der Waals surface area contributed by atoms with E-state index in [2.05, 4.69) is 21.5 Å². The number of halogens is 1. The summed E-state index contributed by atoms with van der Waals surface area (Å²) >= 11 is 0. The Kier molecular flexibility index (Phi) is 5.53. The van der Waals surface area contributed by atoms with E-state index < -0.39 is 0 Å². The van der Waals surface area contributed by atoms with Gasteiger partial charge in [-0.2, -0.15) is 5.10 Å². The van der Waals surface area contributed by atoms with Gasteiger partial charge in [-0.05, 0) is 41.5 Å². The van der Waals surface area contributed by atoms with Crippen molar-refractivity contribution in [2.24, 2.45) is 0 Å². The molecule has 3 heterocycles. The van der Waals surface area contributed by atoms with Gasteiger partial charge in [-0.3, -0.25) is 0 Å². The first kappa shape index (κ1) is 17.3. The lowest BCUT2D eigenvalue weighted by molar-refractivity contribution is 0.171. The molecule has 0 spiro atoms. The minimum absolute atomic E-state index is 0. The average molecular weight is 359 g/mol. The van der Waals surface area contributed by atoms with Crippen molar-refractivity contribution < 1.29 is 9.47 Å². The number of nitrogens with zero attached hydrogens (tertiary/aromatic N) is 3. The van der Waals surface area contributed by atoms with E-state index in [4.69, 9.17) is 9.47 Å². The molecule has 0 unspecified atom stereocenters. The topological polar surface area (TPSA) is 61.2 Å². The molecule has 0 radical (unpaired) electrons. The molecule has 0 saturated carbocycles. The zero-order valence-corrected chi connectivity index (χ0v) is 14.4. The van der Waals surface area contributed by atoms with Crippen molar-refractivity contribution in [2.75, 3.05) is 13.2 Å². The number of ether oxygens (including phenoxy) is 2. The third-order valence-corrected chi connectivity index (χ3v) is 3.81. The van der Waals surface area contributed by atoms with Gasteiger partial charge in [0.15, 0.2) is 17.3 Å². The van der Waals surface area contributed by atoms with Gasteiger partial charge in [0, 0.05) is 31.7 Å². The van der Waals surface area contributed by atoms with Crippen molar-refractivity contribution in [1.82, 2.24) is 20.1 Å². The monoisotopic (exact) mass is 358 g/mol. The van der Waals surface area contributed by atoms with E-state index in [0.29, 0.717) is 13.2 Å². The van der Waals surface area contributed by atoms with Crippen molar-refractivity contribution in [2.45, 2.75) is 13.1 Å². The standard InChI is InChI=1S/C18H18N4O2.ClH/c1-5-21-22(7-1)18-11-15(4-6-20-18)13-19-12-14-2-3-16-17(10-14)24-9-8-23-16;/h1-7,10-11,19H,8-9,12-13H2;1H. The fourth-order valence-corrected chi connectivity index (χ4v) is 2.65. The van der Waals surface area contributed by atoms with E-state index in [9.17, 15) is 0 Å². The fourth-order valence-electron chi connectivity index (χ4n) is 2.65. The van der Waals surface area contributed by atoms with Gasteiger partial charge in [-0.15, -0.1) is 12.4 Å². The van der Waals surface area contributed by atoms with Crippen LogP contribution in [0.2, 0.25) is 0 Å². The number of aromatic nitrogens is 3. The number of hydrogen-bond acceptors (Lipinski definition) is 5. The molecule has 0 atom stereocenters. The average Bonchev–Trinajstić information content (AvgIpc) is 3.17. The molecule has 1 aliphatic rings. The van der Waals surface area contributed by atoms with Gasteiger partial charge in [-0.1, -0.05) is 6.07 Å². The van der Waals surface area contributed by atoms with Crippen molar-refractivity contribution in [3.63, 3.8) is 0 Å². The van der Waals surface area contributed by atoms with Crippen molar-refractivity contribution >= 4 is 12.4 Å². The van der Waals surface area contributed by atoms with Crippen molar-refractivity contribution in [3.05, 3.63) is 66.1 Å². The second-order valence-corrected chi connectivity index (χ2v) is 5.55. The number of fused-ring (bicyclic) bond motifs is 1. The van der Waals surface area contributed by atoms with Crippen LogP contribution in [0.3, 0.4) is 0 Å². The van der Waals surface area contributed by atoms with Gasteiger partial charge < -0.3 is 14.8 Å². The van der Waals surface area contributed by atoms with Gasteiger partial charge in [0.25, 0.3) is 0 Å². The summed E-state index contributed by atoms with van der Waals surface area (Å²) in [5, 5.41) is 7.65. The maximum absolute atomic E-state index is 5.62. The van der Waals surface area contributed by atoms with E-state index >= 15 is 0 Å². The Bertz CT molecular complexity index is 824. The molecule has 0 fully saturated rings. The van der Waals surface area contributed by atoms with Crippen LogP contribution in [0.1, 0.15) is 11.1 Å². The Balaban J connectivity index is 0.00000182. The lowest BCUT2D eigenvalue weighted by atomic mass is 10.2. The van der Waals surface area contributed by atoms with E-state index in [-0.39, 0.29) is 12.4 Å². The van der Waals surface area contributed by atoms with Crippen molar-refractivity contribution in [3.8, 4) is 17.3 Å². The summed E-state index contributed by atoms with van der Waals surface area (Å²) in [4.78, 5) is 4.34. The third kappa shape index (κ3) is 4.10. The number of pyridine rings is 1. The van der Waals surface area contributed by atoms with E-state index in [0.717, 1.165) is 36.0 Å². The van der Waals surface area contributed by atoms with Gasteiger partial charge in [0.2, 0.25) is 0 Å². The minimum atomic E-state index is 0. The van der Waals surface area contributed by atoms with Crippen LogP contribution in [0.5, 0.6) is 11.5 Å². The number of benzene rings is 1. The Morgan fingerprint density at radius 3 is 2.56 bits per heavy atom. The predicted molar refractivity (Wildman–Crippen MR) is 96.6 cm³/mol. The maximum Gasteiger partial charge on any atom is 0.161 e. The largest absolute Gasteiger partial charge is 0.486 e. The van der Waals surface area contributed by atoms with E-state index in [1.807, 2.05) is 36.5 Å². The van der Waals surface area contributed by atoms with E-state index in [1.54, 1.807) is 17.1 Å². The summed E-state index contributed by atoms with van der Waals surface area (Å²) in [6.45, 7) is 2.74. The second-order valence-electron chi connectivity index (χ2n) is 5.55. The Morgan fingerprint density at radius 2 is 1.76 bits per heavy atom. The Labute approximate surface area is 152 Å². The molecule has 0 saturated heterocycles. The molecule has 3 aromatic rings. The van der Waals surface area contributed by atoms with Crippen LogP contribution < -0.4 is 14.8 Å². The third-order valence-electron chi connectivity index (χ3n) is 3.81.